The molecule has 150 valence electrons. The zero-order valence-electron chi connectivity index (χ0n) is 16.1. The Bertz CT molecular complexity index is 1230. The summed E-state index contributed by atoms with van der Waals surface area (Å²) in [6, 6.07) is 11.9. The molecule has 3 aromatic rings. The average molecular weight is 421 g/mol. The number of ketones is 1. The summed E-state index contributed by atoms with van der Waals surface area (Å²) in [6.45, 7) is 3.64. The molecule has 1 saturated heterocycles. The maximum absolute atomic E-state index is 13.1. The maximum Gasteiger partial charge on any atom is 0.262 e. The fourth-order valence-electron chi connectivity index (χ4n) is 3.37. The summed E-state index contributed by atoms with van der Waals surface area (Å²) in [5, 5.41) is 3.70. The summed E-state index contributed by atoms with van der Waals surface area (Å²) >= 11 is 6.16. The number of aromatic nitrogens is 1. The van der Waals surface area contributed by atoms with E-state index in [2.05, 4.69) is 11.9 Å². The van der Waals surface area contributed by atoms with Gasteiger partial charge in [-0.15, -0.1) is 0 Å². The van der Waals surface area contributed by atoms with Crippen molar-refractivity contribution in [3.8, 4) is 5.75 Å². The summed E-state index contributed by atoms with van der Waals surface area (Å²) < 4.78 is 6.61. The Morgan fingerprint density at radius 3 is 2.60 bits per heavy atom. The van der Waals surface area contributed by atoms with Gasteiger partial charge in [-0.05, 0) is 48.5 Å². The first-order valence-corrected chi connectivity index (χ1v) is 9.48. The molecule has 1 aliphatic heterocycles. The van der Waals surface area contributed by atoms with Crippen molar-refractivity contribution in [2.75, 3.05) is 7.11 Å². The molecule has 4 rings (SSSR count). The number of halogens is 1. The molecule has 6 nitrogen and oxygen atoms in total. The zero-order valence-corrected chi connectivity index (χ0v) is 16.8. The molecule has 0 unspecified atom stereocenters. The summed E-state index contributed by atoms with van der Waals surface area (Å²) in [6.07, 6.45) is 3.13. The van der Waals surface area contributed by atoms with Crippen LogP contribution in [0.2, 0.25) is 5.02 Å². The van der Waals surface area contributed by atoms with E-state index in [0.29, 0.717) is 38.5 Å². The summed E-state index contributed by atoms with van der Waals surface area (Å²) in [7, 11) is 1.55. The molecule has 30 heavy (non-hydrogen) atoms. The van der Waals surface area contributed by atoms with Crippen LogP contribution in [0.25, 0.3) is 17.0 Å². The number of carbonyl (C=O) groups excluding carboxylic acids is 3. The third kappa shape index (κ3) is 3.53. The van der Waals surface area contributed by atoms with E-state index >= 15 is 0 Å². The number of fused-ring (bicyclic) bond motifs is 1. The standard InChI is InChI=1S/C23H17ClN2O4/c1-13-9-21(27)19(22(28)25-13)10-15-12-26(20-8-5-16(24)11-18(15)20)23(29)14-3-6-17(30-2)7-4-14/h3-8,10-12H,1,9H2,2H3,(H,25,28)/b19-10-. The van der Waals surface area contributed by atoms with Gasteiger partial charge in [-0.2, -0.15) is 0 Å². The van der Waals surface area contributed by atoms with Crippen LogP contribution in [0.5, 0.6) is 5.75 Å². The summed E-state index contributed by atoms with van der Waals surface area (Å²) in [5.74, 6) is -0.458. The second-order valence-corrected chi connectivity index (χ2v) is 7.30. The van der Waals surface area contributed by atoms with E-state index in [9.17, 15) is 14.4 Å². The van der Waals surface area contributed by atoms with Gasteiger partial charge >= 0.3 is 0 Å². The Balaban J connectivity index is 1.84. The van der Waals surface area contributed by atoms with Crippen molar-refractivity contribution in [3.63, 3.8) is 0 Å². The Labute approximate surface area is 177 Å². The minimum Gasteiger partial charge on any atom is -0.497 e. The number of hydrogen-bond acceptors (Lipinski definition) is 4. The molecule has 1 aromatic heterocycles. The number of amides is 1. The Morgan fingerprint density at radius 1 is 1.20 bits per heavy atom. The minimum absolute atomic E-state index is 0.0123. The molecule has 0 bridgehead atoms. The highest BCUT2D eigenvalue weighted by atomic mass is 35.5. The second kappa shape index (κ2) is 7.65. The number of rotatable bonds is 3. The molecule has 1 amide bonds. The van der Waals surface area contributed by atoms with Crippen LogP contribution < -0.4 is 10.1 Å². The van der Waals surface area contributed by atoms with Gasteiger partial charge in [-0.3, -0.25) is 19.0 Å². The zero-order chi connectivity index (χ0) is 21.4. The number of nitrogens with zero attached hydrogens (tertiary/aromatic N) is 1. The van der Waals surface area contributed by atoms with Crippen LogP contribution in [-0.2, 0) is 9.59 Å². The number of allylic oxidation sites excluding steroid dienone is 1. The van der Waals surface area contributed by atoms with Crippen LogP contribution in [0.3, 0.4) is 0 Å². The van der Waals surface area contributed by atoms with Crippen LogP contribution in [0.1, 0.15) is 22.3 Å². The van der Waals surface area contributed by atoms with E-state index < -0.39 is 5.91 Å². The van der Waals surface area contributed by atoms with E-state index in [1.165, 1.54) is 10.6 Å². The number of piperidine rings is 1. The van der Waals surface area contributed by atoms with Gasteiger partial charge in [-0.1, -0.05) is 18.2 Å². The average Bonchev–Trinajstić information content (AvgIpc) is 3.07. The van der Waals surface area contributed by atoms with Crippen LogP contribution in [0, 0.1) is 0 Å². The van der Waals surface area contributed by atoms with E-state index in [1.54, 1.807) is 55.8 Å². The fourth-order valence-corrected chi connectivity index (χ4v) is 3.54. The summed E-state index contributed by atoms with van der Waals surface area (Å²) in [4.78, 5) is 37.7. The highest BCUT2D eigenvalue weighted by Gasteiger charge is 2.26. The number of Topliss-reactive ketones (excluding diaryl/α,β-unsaturated/α-hetero) is 1. The van der Waals surface area contributed by atoms with Gasteiger partial charge in [0.1, 0.15) is 5.75 Å². The van der Waals surface area contributed by atoms with Crippen molar-refractivity contribution in [1.82, 2.24) is 9.88 Å². The van der Waals surface area contributed by atoms with Crippen molar-refractivity contribution in [1.29, 1.82) is 0 Å². The van der Waals surface area contributed by atoms with Crippen molar-refractivity contribution in [2.45, 2.75) is 6.42 Å². The number of methoxy groups -OCH3 is 1. The van der Waals surface area contributed by atoms with E-state index in [-0.39, 0.29) is 23.7 Å². The lowest BCUT2D eigenvalue weighted by Gasteiger charge is -2.15. The molecule has 0 saturated carbocycles. The molecule has 1 fully saturated rings. The number of ether oxygens (including phenoxy) is 1. The lowest BCUT2D eigenvalue weighted by atomic mass is 9.99. The number of carbonyl (C=O) groups is 3. The fraction of sp³-hybridized carbons (Fsp3) is 0.0870. The number of hydrogen-bond donors (Lipinski definition) is 1. The predicted octanol–water partition coefficient (Wildman–Crippen LogP) is 3.98. The quantitative estimate of drug-likeness (QED) is 0.513. The van der Waals surface area contributed by atoms with Gasteiger partial charge in [0.25, 0.3) is 11.8 Å². The molecule has 2 heterocycles. The highest BCUT2D eigenvalue weighted by molar-refractivity contribution is 6.31. The molecule has 2 aromatic carbocycles. The van der Waals surface area contributed by atoms with Crippen molar-refractivity contribution in [3.05, 3.63) is 82.7 Å². The maximum atomic E-state index is 13.1. The molecule has 7 heteroatoms. The molecule has 0 aliphatic carbocycles. The first kappa shape index (κ1) is 19.7. The predicted molar refractivity (Wildman–Crippen MR) is 115 cm³/mol. The molecular formula is C23H17ClN2O4. The van der Waals surface area contributed by atoms with Crippen LogP contribution >= 0.6 is 11.6 Å². The van der Waals surface area contributed by atoms with Crippen molar-refractivity contribution in [2.24, 2.45) is 0 Å². The molecule has 0 radical (unpaired) electrons. The topological polar surface area (TPSA) is 77.4 Å². The largest absolute Gasteiger partial charge is 0.497 e. The normalized spacial score (nSPS) is 15.5. The van der Waals surface area contributed by atoms with Gasteiger partial charge < -0.3 is 10.1 Å². The summed E-state index contributed by atoms with van der Waals surface area (Å²) in [5.41, 5.74) is 1.99. The molecular weight excluding hydrogens is 404 g/mol. The van der Waals surface area contributed by atoms with Gasteiger partial charge in [-0.25, -0.2) is 0 Å². The third-order valence-corrected chi connectivity index (χ3v) is 5.10. The van der Waals surface area contributed by atoms with Gasteiger partial charge in [0.15, 0.2) is 5.78 Å². The smallest absolute Gasteiger partial charge is 0.262 e. The van der Waals surface area contributed by atoms with E-state index in [1.807, 2.05) is 0 Å². The first-order chi connectivity index (χ1) is 14.4. The monoisotopic (exact) mass is 420 g/mol. The lowest BCUT2D eigenvalue weighted by molar-refractivity contribution is -0.123. The third-order valence-electron chi connectivity index (χ3n) is 4.86. The lowest BCUT2D eigenvalue weighted by Crippen LogP contribution is -2.34. The molecule has 0 atom stereocenters. The number of benzene rings is 2. The highest BCUT2D eigenvalue weighted by Crippen LogP contribution is 2.29. The first-order valence-electron chi connectivity index (χ1n) is 9.11. The second-order valence-electron chi connectivity index (χ2n) is 6.87. The van der Waals surface area contributed by atoms with Crippen molar-refractivity contribution < 1.29 is 19.1 Å². The van der Waals surface area contributed by atoms with Gasteiger partial charge in [0.2, 0.25) is 0 Å². The van der Waals surface area contributed by atoms with Gasteiger partial charge in [0, 0.05) is 33.4 Å². The van der Waals surface area contributed by atoms with Crippen LogP contribution in [0.15, 0.2) is 66.5 Å². The van der Waals surface area contributed by atoms with Crippen molar-refractivity contribution >= 4 is 46.2 Å². The Hall–Kier alpha value is -3.64. The Kier molecular flexibility index (Phi) is 5.01. The number of nitrogens with one attached hydrogen (secondary N) is 1. The molecule has 1 aliphatic rings. The molecule has 1 N–H and O–H groups in total. The van der Waals surface area contributed by atoms with Crippen LogP contribution in [-0.4, -0.2) is 29.3 Å². The van der Waals surface area contributed by atoms with E-state index in [0.717, 1.165) is 0 Å². The SMILES string of the molecule is C=C1CC(=O)/C(=C/c2cn(C(=O)c3ccc(OC)cc3)c3ccc(Cl)cc23)C(=O)N1. The van der Waals surface area contributed by atoms with E-state index in [4.69, 9.17) is 16.3 Å². The minimum atomic E-state index is -0.513. The van der Waals surface area contributed by atoms with Crippen LogP contribution in [0.4, 0.5) is 0 Å². The molecule has 0 spiro atoms. The van der Waals surface area contributed by atoms with Gasteiger partial charge in [0.05, 0.1) is 24.6 Å². The Morgan fingerprint density at radius 2 is 1.93 bits per heavy atom.